The summed E-state index contributed by atoms with van der Waals surface area (Å²) in [5, 5.41) is 11.8. The molecule has 1 aromatic carbocycles. The number of carbonyl (C=O) groups is 1. The van der Waals surface area contributed by atoms with Crippen LogP contribution in [-0.2, 0) is 4.79 Å². The third kappa shape index (κ3) is 4.27. The first kappa shape index (κ1) is 15.0. The minimum absolute atomic E-state index is 0.0484. The number of terminal acetylenes is 1. The van der Waals surface area contributed by atoms with E-state index in [2.05, 4.69) is 11.2 Å². The monoisotopic (exact) mass is 265 g/mol. The minimum Gasteiger partial charge on any atom is -0.478 e. The maximum atomic E-state index is 13.7. The number of hydrogen-bond acceptors (Lipinski definition) is 3. The SMILES string of the molecule is C#CCNC(=O)C(C)Oc1ccc(C(C)O)cc1F. The molecule has 0 fully saturated rings. The van der Waals surface area contributed by atoms with Crippen LogP contribution in [0.15, 0.2) is 18.2 Å². The molecule has 0 aliphatic heterocycles. The molecule has 0 aliphatic carbocycles. The van der Waals surface area contributed by atoms with Crippen LogP contribution in [0.2, 0.25) is 0 Å². The summed E-state index contributed by atoms with van der Waals surface area (Å²) in [5.74, 6) is 1.16. The third-order valence-corrected chi connectivity index (χ3v) is 2.48. The van der Waals surface area contributed by atoms with E-state index < -0.39 is 23.9 Å². The number of hydrogen-bond donors (Lipinski definition) is 2. The molecule has 1 amide bonds. The van der Waals surface area contributed by atoms with Gasteiger partial charge in [0.1, 0.15) is 0 Å². The molecule has 2 unspecified atom stereocenters. The van der Waals surface area contributed by atoms with Crippen molar-refractivity contribution >= 4 is 5.91 Å². The normalized spacial score (nSPS) is 13.2. The molecule has 1 rings (SSSR count). The van der Waals surface area contributed by atoms with E-state index in [-0.39, 0.29) is 12.3 Å². The van der Waals surface area contributed by atoms with Gasteiger partial charge in [0.2, 0.25) is 0 Å². The van der Waals surface area contributed by atoms with E-state index in [1.165, 1.54) is 32.0 Å². The van der Waals surface area contributed by atoms with Gasteiger partial charge in [-0.3, -0.25) is 4.79 Å². The topological polar surface area (TPSA) is 58.6 Å². The molecule has 102 valence electrons. The van der Waals surface area contributed by atoms with Crippen LogP contribution in [0.5, 0.6) is 5.75 Å². The standard InChI is InChI=1S/C14H16FNO3/c1-4-7-16-14(18)10(3)19-13-6-5-11(9(2)17)8-12(13)15/h1,5-6,8-10,17H,7H2,2-3H3,(H,16,18). The van der Waals surface area contributed by atoms with E-state index in [0.717, 1.165) is 0 Å². The Balaban J connectivity index is 2.72. The highest BCUT2D eigenvalue weighted by atomic mass is 19.1. The van der Waals surface area contributed by atoms with Crippen LogP contribution < -0.4 is 10.1 Å². The fourth-order valence-corrected chi connectivity index (χ4v) is 1.40. The molecule has 4 nitrogen and oxygen atoms in total. The van der Waals surface area contributed by atoms with Gasteiger partial charge >= 0.3 is 0 Å². The Morgan fingerprint density at radius 1 is 1.58 bits per heavy atom. The molecule has 0 spiro atoms. The van der Waals surface area contributed by atoms with Crippen molar-refractivity contribution in [3.8, 4) is 18.1 Å². The lowest BCUT2D eigenvalue weighted by Gasteiger charge is -2.15. The number of ether oxygens (including phenoxy) is 1. The summed E-state index contributed by atoms with van der Waals surface area (Å²) in [6, 6.07) is 4.09. The van der Waals surface area contributed by atoms with Crippen LogP contribution in [-0.4, -0.2) is 23.7 Å². The van der Waals surface area contributed by atoms with Crippen molar-refractivity contribution < 1.29 is 19.0 Å². The zero-order valence-corrected chi connectivity index (χ0v) is 10.8. The first-order valence-electron chi connectivity index (χ1n) is 5.81. The zero-order valence-electron chi connectivity index (χ0n) is 10.8. The Hall–Kier alpha value is -2.06. The Morgan fingerprint density at radius 2 is 2.26 bits per heavy atom. The lowest BCUT2D eigenvalue weighted by Crippen LogP contribution is -2.36. The second kappa shape index (κ2) is 6.76. The van der Waals surface area contributed by atoms with Gasteiger partial charge in [-0.1, -0.05) is 12.0 Å². The number of benzene rings is 1. The number of halogens is 1. The quantitative estimate of drug-likeness (QED) is 0.791. The van der Waals surface area contributed by atoms with Crippen molar-refractivity contribution in [1.29, 1.82) is 0 Å². The van der Waals surface area contributed by atoms with E-state index in [0.29, 0.717) is 5.56 Å². The Bertz CT molecular complexity index is 494. The van der Waals surface area contributed by atoms with E-state index in [1.54, 1.807) is 0 Å². The second-order valence-corrected chi connectivity index (χ2v) is 4.05. The summed E-state index contributed by atoms with van der Waals surface area (Å²) in [5.41, 5.74) is 0.439. The van der Waals surface area contributed by atoms with Gasteiger partial charge in [0.25, 0.3) is 5.91 Å². The maximum Gasteiger partial charge on any atom is 0.261 e. The summed E-state index contributed by atoms with van der Waals surface area (Å²) in [7, 11) is 0. The van der Waals surface area contributed by atoms with Gasteiger partial charge in [-0.25, -0.2) is 4.39 Å². The van der Waals surface area contributed by atoms with Crippen molar-refractivity contribution in [3.63, 3.8) is 0 Å². The summed E-state index contributed by atoms with van der Waals surface area (Å²) < 4.78 is 18.9. The Morgan fingerprint density at radius 3 is 2.79 bits per heavy atom. The van der Waals surface area contributed by atoms with Gasteiger partial charge < -0.3 is 15.2 Å². The van der Waals surface area contributed by atoms with Crippen molar-refractivity contribution in [1.82, 2.24) is 5.32 Å². The summed E-state index contributed by atoms with van der Waals surface area (Å²) >= 11 is 0. The highest BCUT2D eigenvalue weighted by Crippen LogP contribution is 2.22. The van der Waals surface area contributed by atoms with E-state index in [4.69, 9.17) is 11.2 Å². The third-order valence-electron chi connectivity index (χ3n) is 2.48. The number of carbonyl (C=O) groups excluding carboxylic acids is 1. The molecule has 2 atom stereocenters. The molecule has 19 heavy (non-hydrogen) atoms. The highest BCUT2D eigenvalue weighted by Gasteiger charge is 2.16. The number of aliphatic hydroxyl groups is 1. The number of amides is 1. The van der Waals surface area contributed by atoms with Gasteiger partial charge in [-0.15, -0.1) is 6.42 Å². The predicted octanol–water partition coefficient (Wildman–Crippen LogP) is 1.40. The molecular weight excluding hydrogens is 249 g/mol. The average molecular weight is 265 g/mol. The van der Waals surface area contributed by atoms with Crippen LogP contribution >= 0.6 is 0 Å². The zero-order chi connectivity index (χ0) is 14.4. The van der Waals surface area contributed by atoms with Gasteiger partial charge in [0.15, 0.2) is 17.7 Å². The van der Waals surface area contributed by atoms with Gasteiger partial charge in [-0.2, -0.15) is 0 Å². The summed E-state index contributed by atoms with van der Waals surface area (Å²) in [4.78, 5) is 11.5. The summed E-state index contributed by atoms with van der Waals surface area (Å²) in [6.45, 7) is 3.12. The molecule has 0 aliphatic rings. The maximum absolute atomic E-state index is 13.7. The number of rotatable bonds is 5. The predicted molar refractivity (Wildman–Crippen MR) is 69.0 cm³/mol. The van der Waals surface area contributed by atoms with Crippen LogP contribution in [0.3, 0.4) is 0 Å². The van der Waals surface area contributed by atoms with E-state index in [9.17, 15) is 14.3 Å². The molecule has 5 heteroatoms. The first-order valence-corrected chi connectivity index (χ1v) is 5.81. The fourth-order valence-electron chi connectivity index (χ4n) is 1.40. The van der Waals surface area contributed by atoms with Crippen molar-refractivity contribution in [2.24, 2.45) is 0 Å². The molecule has 1 aromatic rings. The Labute approximate surface area is 111 Å². The van der Waals surface area contributed by atoms with E-state index >= 15 is 0 Å². The van der Waals surface area contributed by atoms with E-state index in [1.807, 2.05) is 0 Å². The Kier molecular flexibility index (Phi) is 5.34. The van der Waals surface area contributed by atoms with Crippen LogP contribution in [0, 0.1) is 18.2 Å². The molecular formula is C14H16FNO3. The second-order valence-electron chi connectivity index (χ2n) is 4.05. The van der Waals surface area contributed by atoms with Crippen molar-refractivity contribution in [3.05, 3.63) is 29.6 Å². The van der Waals surface area contributed by atoms with Crippen LogP contribution in [0.25, 0.3) is 0 Å². The molecule has 2 N–H and O–H groups in total. The molecule has 0 heterocycles. The smallest absolute Gasteiger partial charge is 0.261 e. The lowest BCUT2D eigenvalue weighted by molar-refractivity contribution is -0.127. The van der Waals surface area contributed by atoms with Gasteiger partial charge in [-0.05, 0) is 31.5 Å². The number of nitrogens with one attached hydrogen (secondary N) is 1. The highest BCUT2D eigenvalue weighted by molar-refractivity contribution is 5.80. The first-order chi connectivity index (χ1) is 8.95. The lowest BCUT2D eigenvalue weighted by atomic mass is 10.1. The van der Waals surface area contributed by atoms with Crippen molar-refractivity contribution in [2.45, 2.75) is 26.1 Å². The number of aliphatic hydroxyl groups excluding tert-OH is 1. The van der Waals surface area contributed by atoms with Crippen LogP contribution in [0.1, 0.15) is 25.5 Å². The molecule has 0 bridgehead atoms. The molecule has 0 radical (unpaired) electrons. The minimum atomic E-state index is -0.861. The largest absolute Gasteiger partial charge is 0.478 e. The fraction of sp³-hybridized carbons (Fsp3) is 0.357. The van der Waals surface area contributed by atoms with Gasteiger partial charge in [0, 0.05) is 0 Å². The van der Waals surface area contributed by atoms with Crippen LogP contribution in [0.4, 0.5) is 4.39 Å². The summed E-state index contributed by atoms with van der Waals surface area (Å²) in [6.07, 6.45) is 3.38. The molecule has 0 saturated carbocycles. The van der Waals surface area contributed by atoms with Gasteiger partial charge in [0.05, 0.1) is 12.6 Å². The van der Waals surface area contributed by atoms with Crippen molar-refractivity contribution in [2.75, 3.05) is 6.54 Å². The molecule has 0 aromatic heterocycles. The average Bonchev–Trinajstić information content (AvgIpc) is 2.37. The molecule has 0 saturated heterocycles.